The number of ketones is 1. The minimum Gasteiger partial charge on any atom is -0.494 e. The Bertz CT molecular complexity index is 1580. The molecule has 0 saturated carbocycles. The second-order valence-electron chi connectivity index (χ2n) is 10.8. The van der Waals surface area contributed by atoms with Crippen LogP contribution >= 0.6 is 0 Å². The van der Waals surface area contributed by atoms with Crippen molar-refractivity contribution in [2.45, 2.75) is 44.8 Å². The lowest BCUT2D eigenvalue weighted by atomic mass is 9.78. The molecule has 0 aromatic heterocycles. The van der Waals surface area contributed by atoms with E-state index < -0.39 is 0 Å². The predicted molar refractivity (Wildman–Crippen MR) is 166 cm³/mol. The van der Waals surface area contributed by atoms with Crippen LogP contribution in [0.2, 0.25) is 0 Å². The van der Waals surface area contributed by atoms with Crippen LogP contribution in [0.15, 0.2) is 108 Å². The average Bonchev–Trinajstić information content (AvgIpc) is 3.20. The van der Waals surface area contributed by atoms with Crippen LogP contribution in [0.3, 0.4) is 0 Å². The zero-order chi connectivity index (χ0) is 28.9. The second kappa shape index (κ2) is 12.4. The molecule has 0 amide bonds. The molecule has 0 spiro atoms. The molecule has 42 heavy (non-hydrogen) atoms. The molecule has 4 aromatic carbocycles. The van der Waals surface area contributed by atoms with E-state index in [0.29, 0.717) is 31.1 Å². The molecule has 0 radical (unpaired) electrons. The van der Waals surface area contributed by atoms with E-state index in [1.807, 2.05) is 84.9 Å². The molecule has 6 heteroatoms. The largest absolute Gasteiger partial charge is 0.494 e. The van der Waals surface area contributed by atoms with Crippen molar-refractivity contribution in [2.75, 3.05) is 24.4 Å². The maximum Gasteiger partial charge on any atom is 0.163 e. The molecule has 2 unspecified atom stereocenters. The van der Waals surface area contributed by atoms with Crippen LogP contribution < -0.4 is 24.8 Å². The van der Waals surface area contributed by atoms with Crippen LogP contribution in [0.5, 0.6) is 17.2 Å². The van der Waals surface area contributed by atoms with Gasteiger partial charge in [-0.3, -0.25) is 4.79 Å². The summed E-state index contributed by atoms with van der Waals surface area (Å²) in [6.45, 7) is 3.23. The first-order valence-electron chi connectivity index (χ1n) is 14.6. The number of Topliss-reactive ketones (excluding diaryl/α,β-unsaturated/α-hetero) is 1. The number of ether oxygens (including phenoxy) is 3. The third-order valence-electron chi connectivity index (χ3n) is 7.89. The van der Waals surface area contributed by atoms with Crippen LogP contribution in [-0.4, -0.2) is 19.5 Å². The van der Waals surface area contributed by atoms with Gasteiger partial charge in [-0.15, -0.1) is 0 Å². The number of carbonyl (C=O) groups is 1. The van der Waals surface area contributed by atoms with E-state index in [-0.39, 0.29) is 17.7 Å². The quantitative estimate of drug-likeness (QED) is 0.216. The maximum atomic E-state index is 14.0. The van der Waals surface area contributed by atoms with Gasteiger partial charge in [0.25, 0.3) is 0 Å². The average molecular weight is 561 g/mol. The lowest BCUT2D eigenvalue weighted by molar-refractivity contribution is -0.116. The van der Waals surface area contributed by atoms with E-state index in [1.54, 1.807) is 7.11 Å². The number of hydrogen-bond acceptors (Lipinski definition) is 6. The Balaban J connectivity index is 1.32. The highest BCUT2D eigenvalue weighted by Gasteiger charge is 2.36. The predicted octanol–water partition coefficient (Wildman–Crippen LogP) is 8.04. The molecule has 6 rings (SSSR count). The Hall–Kier alpha value is -4.71. The van der Waals surface area contributed by atoms with Crippen molar-refractivity contribution in [3.05, 3.63) is 125 Å². The third kappa shape index (κ3) is 5.84. The summed E-state index contributed by atoms with van der Waals surface area (Å²) >= 11 is 0. The molecule has 214 valence electrons. The molecule has 1 heterocycles. The van der Waals surface area contributed by atoms with Crippen molar-refractivity contribution >= 4 is 17.2 Å². The standard InChI is InChI=1S/C36H36N2O4/c1-3-19-41-28-16-13-25(14-17-28)27-20-31-35(32(39)21-27)36(38-30-12-8-7-11-29(30)37-31)26-15-18-33(34(22-26)40-2)42-23-24-9-5-4-6-10-24/h4-18,22,27,36-38H,3,19-21,23H2,1-2H3. The molecule has 2 N–H and O–H groups in total. The van der Waals surface area contributed by atoms with Crippen molar-refractivity contribution in [2.24, 2.45) is 0 Å². The van der Waals surface area contributed by atoms with Gasteiger partial charge in [-0.2, -0.15) is 0 Å². The van der Waals surface area contributed by atoms with E-state index in [9.17, 15) is 4.79 Å². The maximum absolute atomic E-state index is 14.0. The summed E-state index contributed by atoms with van der Waals surface area (Å²) in [6.07, 6.45) is 2.14. The van der Waals surface area contributed by atoms with Crippen LogP contribution in [0.1, 0.15) is 54.8 Å². The first-order valence-corrected chi connectivity index (χ1v) is 14.6. The summed E-state index contributed by atoms with van der Waals surface area (Å²) < 4.78 is 17.6. The summed E-state index contributed by atoms with van der Waals surface area (Å²) in [5.41, 5.74) is 6.79. The van der Waals surface area contributed by atoms with E-state index in [4.69, 9.17) is 14.2 Å². The fourth-order valence-corrected chi connectivity index (χ4v) is 5.75. The number of hydrogen-bond donors (Lipinski definition) is 2. The van der Waals surface area contributed by atoms with Gasteiger partial charge in [-0.05, 0) is 71.8 Å². The molecule has 2 aliphatic rings. The number of allylic oxidation sites excluding steroid dienone is 1. The Kier molecular flexibility index (Phi) is 8.13. The second-order valence-corrected chi connectivity index (χ2v) is 10.8. The molecule has 4 aromatic rings. The van der Waals surface area contributed by atoms with Gasteiger partial charge in [-0.1, -0.05) is 67.6 Å². The van der Waals surface area contributed by atoms with Crippen LogP contribution in [0, 0.1) is 0 Å². The minimum atomic E-state index is -0.341. The number of rotatable bonds is 9. The zero-order valence-electron chi connectivity index (χ0n) is 24.1. The van der Waals surface area contributed by atoms with Gasteiger partial charge in [0.1, 0.15) is 12.4 Å². The Morgan fingerprint density at radius 1 is 0.786 bits per heavy atom. The number of fused-ring (bicyclic) bond motifs is 1. The van der Waals surface area contributed by atoms with Gasteiger partial charge in [0.05, 0.1) is 31.1 Å². The molecule has 1 aliphatic heterocycles. The highest BCUT2D eigenvalue weighted by atomic mass is 16.5. The first-order chi connectivity index (χ1) is 20.6. The zero-order valence-corrected chi connectivity index (χ0v) is 24.1. The summed E-state index contributed by atoms with van der Waals surface area (Å²) in [4.78, 5) is 14.0. The number of nitrogens with one attached hydrogen (secondary N) is 2. The summed E-state index contributed by atoms with van der Waals surface area (Å²) in [6, 6.07) is 31.9. The fraction of sp³-hybridized carbons (Fsp3) is 0.250. The first kappa shape index (κ1) is 27.5. The van der Waals surface area contributed by atoms with Gasteiger partial charge in [0.2, 0.25) is 0 Å². The van der Waals surface area contributed by atoms with Gasteiger partial charge >= 0.3 is 0 Å². The van der Waals surface area contributed by atoms with Gasteiger partial charge in [0, 0.05) is 17.7 Å². The number of benzene rings is 4. The van der Waals surface area contributed by atoms with Gasteiger partial charge < -0.3 is 24.8 Å². The smallest absolute Gasteiger partial charge is 0.163 e. The molecule has 2 atom stereocenters. The molecule has 0 fully saturated rings. The topological polar surface area (TPSA) is 68.8 Å². The fourth-order valence-electron chi connectivity index (χ4n) is 5.75. The molecule has 6 nitrogen and oxygen atoms in total. The summed E-state index contributed by atoms with van der Waals surface area (Å²) in [7, 11) is 1.64. The molecule has 0 bridgehead atoms. The summed E-state index contributed by atoms with van der Waals surface area (Å²) in [5.74, 6) is 2.36. The van der Waals surface area contributed by atoms with Crippen molar-refractivity contribution in [3.8, 4) is 17.2 Å². The van der Waals surface area contributed by atoms with Gasteiger partial charge in [-0.25, -0.2) is 0 Å². The number of carbonyl (C=O) groups excluding carboxylic acids is 1. The lowest BCUT2D eigenvalue weighted by Gasteiger charge is -2.30. The SMILES string of the molecule is CCCOc1ccc(C2CC(=O)C3=C(C2)Nc2ccccc2NC3c2ccc(OCc3ccccc3)c(OC)c2)cc1. The molecule has 1 aliphatic carbocycles. The highest BCUT2D eigenvalue weighted by molar-refractivity contribution is 6.01. The molecular weight excluding hydrogens is 524 g/mol. The van der Waals surface area contributed by atoms with E-state index >= 15 is 0 Å². The number of methoxy groups -OCH3 is 1. The Labute approximate surface area is 247 Å². The molecular formula is C36H36N2O4. The van der Waals surface area contributed by atoms with Crippen LogP contribution in [0.4, 0.5) is 11.4 Å². The normalized spacial score (nSPS) is 17.7. The van der Waals surface area contributed by atoms with Crippen molar-refractivity contribution in [1.82, 2.24) is 0 Å². The van der Waals surface area contributed by atoms with Gasteiger partial charge in [0.15, 0.2) is 17.3 Å². The van der Waals surface area contributed by atoms with E-state index in [1.165, 1.54) is 0 Å². The minimum absolute atomic E-state index is 0.0817. The van der Waals surface area contributed by atoms with E-state index in [2.05, 4.69) is 29.7 Å². The summed E-state index contributed by atoms with van der Waals surface area (Å²) in [5, 5.41) is 7.29. The Morgan fingerprint density at radius 3 is 2.29 bits per heavy atom. The van der Waals surface area contributed by atoms with Crippen LogP contribution in [-0.2, 0) is 11.4 Å². The Morgan fingerprint density at radius 2 is 1.52 bits per heavy atom. The number of anilines is 2. The van der Waals surface area contributed by atoms with Crippen molar-refractivity contribution in [1.29, 1.82) is 0 Å². The molecule has 0 saturated heterocycles. The lowest BCUT2D eigenvalue weighted by Crippen LogP contribution is -2.26. The monoisotopic (exact) mass is 560 g/mol. The van der Waals surface area contributed by atoms with Crippen LogP contribution in [0.25, 0.3) is 0 Å². The number of para-hydroxylation sites is 2. The highest BCUT2D eigenvalue weighted by Crippen LogP contribution is 2.45. The third-order valence-corrected chi connectivity index (χ3v) is 7.89. The van der Waals surface area contributed by atoms with Crippen molar-refractivity contribution in [3.63, 3.8) is 0 Å². The van der Waals surface area contributed by atoms with Crippen molar-refractivity contribution < 1.29 is 19.0 Å². The van der Waals surface area contributed by atoms with E-state index in [0.717, 1.165) is 57.9 Å².